The molecule has 7 heteroatoms. The monoisotopic (exact) mass is 366 g/mol. The number of hydrogen-bond donors (Lipinski definition) is 2. The van der Waals surface area contributed by atoms with Crippen LogP contribution in [0, 0.1) is 13.8 Å². The Kier molecular flexibility index (Phi) is 7.66. The van der Waals surface area contributed by atoms with Crippen molar-refractivity contribution < 1.29 is 23.6 Å². The fourth-order valence-electron chi connectivity index (χ4n) is 3.19. The van der Waals surface area contributed by atoms with Gasteiger partial charge in [0.15, 0.2) is 0 Å². The molecule has 0 unspecified atom stereocenters. The summed E-state index contributed by atoms with van der Waals surface area (Å²) in [5.74, 6) is 1.24. The molecular weight excluding hydrogens is 334 g/mol. The number of carbonyl (C=O) groups excluding carboxylic acids is 2. The normalized spacial score (nSPS) is 15.3. The Morgan fingerprint density at radius 3 is 2.54 bits per heavy atom. The van der Waals surface area contributed by atoms with E-state index in [-0.39, 0.29) is 17.9 Å². The van der Waals surface area contributed by atoms with Gasteiger partial charge in [-0.3, -0.25) is 9.59 Å². The van der Waals surface area contributed by atoms with Gasteiger partial charge in [-0.25, -0.2) is 0 Å². The molecule has 0 radical (unpaired) electrons. The summed E-state index contributed by atoms with van der Waals surface area (Å²) in [5, 5.41) is 2.96. The maximum absolute atomic E-state index is 12.8. The van der Waals surface area contributed by atoms with Gasteiger partial charge in [0.05, 0.1) is 31.9 Å². The first-order valence-electron chi connectivity index (χ1n) is 9.44. The Balaban J connectivity index is 1.79. The van der Waals surface area contributed by atoms with Crippen LogP contribution < -0.4 is 10.2 Å². The summed E-state index contributed by atoms with van der Waals surface area (Å²) >= 11 is 0. The number of quaternary nitrogens is 1. The summed E-state index contributed by atoms with van der Waals surface area (Å²) in [6.45, 7) is 13.1. The minimum Gasteiger partial charge on any atom is -0.466 e. The lowest BCUT2D eigenvalue weighted by molar-refractivity contribution is -0.906. The Morgan fingerprint density at radius 2 is 1.96 bits per heavy atom. The zero-order valence-corrected chi connectivity index (χ0v) is 16.4. The molecule has 1 fully saturated rings. The van der Waals surface area contributed by atoms with Crippen molar-refractivity contribution in [3.63, 3.8) is 0 Å². The van der Waals surface area contributed by atoms with Crippen LogP contribution in [0.15, 0.2) is 10.5 Å². The molecule has 0 saturated carbocycles. The van der Waals surface area contributed by atoms with Crippen molar-refractivity contribution in [3.05, 3.63) is 23.2 Å². The third kappa shape index (κ3) is 5.85. The van der Waals surface area contributed by atoms with E-state index in [1.54, 1.807) is 17.9 Å². The Morgan fingerprint density at radius 1 is 1.27 bits per heavy atom. The van der Waals surface area contributed by atoms with Crippen LogP contribution in [0.4, 0.5) is 0 Å². The summed E-state index contributed by atoms with van der Waals surface area (Å²) in [6, 6.07) is 1.78. The molecule has 2 N–H and O–H groups in total. The van der Waals surface area contributed by atoms with Gasteiger partial charge in [-0.2, -0.15) is 0 Å². The molecule has 1 aliphatic heterocycles. The van der Waals surface area contributed by atoms with E-state index in [1.807, 2.05) is 20.8 Å². The summed E-state index contributed by atoms with van der Waals surface area (Å²) in [7, 11) is 0. The van der Waals surface area contributed by atoms with E-state index >= 15 is 0 Å². The van der Waals surface area contributed by atoms with E-state index in [9.17, 15) is 9.59 Å². The first kappa shape index (κ1) is 20.5. The van der Waals surface area contributed by atoms with Crippen molar-refractivity contribution >= 4 is 11.8 Å². The quantitative estimate of drug-likeness (QED) is 0.688. The van der Waals surface area contributed by atoms with Gasteiger partial charge in [-0.15, -0.1) is 0 Å². The zero-order chi connectivity index (χ0) is 19.1. The lowest BCUT2D eigenvalue weighted by Crippen LogP contribution is -3.14. The van der Waals surface area contributed by atoms with Gasteiger partial charge >= 0.3 is 0 Å². The highest BCUT2D eigenvalue weighted by atomic mass is 16.5. The number of nitrogens with one attached hydrogen (secondary N) is 2. The fraction of sp³-hybridized carbons (Fsp3) is 0.684. The Labute approximate surface area is 155 Å². The molecule has 0 aliphatic carbocycles. The molecule has 2 heterocycles. The predicted molar refractivity (Wildman–Crippen MR) is 98.4 cm³/mol. The van der Waals surface area contributed by atoms with Gasteiger partial charge in [0.1, 0.15) is 24.6 Å². The highest BCUT2D eigenvalue weighted by Crippen LogP contribution is 2.17. The van der Waals surface area contributed by atoms with Crippen molar-refractivity contribution in [2.45, 2.75) is 40.2 Å². The largest absolute Gasteiger partial charge is 0.466 e. The first-order chi connectivity index (χ1) is 12.4. The van der Waals surface area contributed by atoms with Crippen molar-refractivity contribution in [2.75, 3.05) is 45.9 Å². The number of morpholine rings is 1. The highest BCUT2D eigenvalue weighted by molar-refractivity contribution is 5.95. The highest BCUT2D eigenvalue weighted by Gasteiger charge is 2.23. The Hall–Kier alpha value is -1.86. The molecule has 1 aromatic heterocycles. The van der Waals surface area contributed by atoms with Crippen LogP contribution in [-0.4, -0.2) is 68.7 Å². The third-order valence-electron chi connectivity index (χ3n) is 4.74. The minimum atomic E-state index is -0.0834. The number of aryl methyl sites for hydroxylation is 2. The number of rotatable bonds is 8. The fourth-order valence-corrected chi connectivity index (χ4v) is 3.19. The maximum atomic E-state index is 12.8. The summed E-state index contributed by atoms with van der Waals surface area (Å²) in [5.41, 5.74) is 0.576. The molecule has 146 valence electrons. The summed E-state index contributed by atoms with van der Waals surface area (Å²) in [6.07, 6.45) is 0.304. The average Bonchev–Trinajstić information content (AvgIpc) is 2.94. The number of nitrogens with zero attached hydrogens (tertiary/aromatic N) is 1. The van der Waals surface area contributed by atoms with Crippen LogP contribution in [0.3, 0.4) is 0 Å². The van der Waals surface area contributed by atoms with Gasteiger partial charge in [0.2, 0.25) is 5.91 Å². The van der Waals surface area contributed by atoms with Gasteiger partial charge in [0.25, 0.3) is 5.91 Å². The van der Waals surface area contributed by atoms with E-state index < -0.39 is 0 Å². The molecule has 1 aliphatic rings. The zero-order valence-electron chi connectivity index (χ0n) is 16.4. The van der Waals surface area contributed by atoms with Gasteiger partial charge in [0, 0.05) is 19.0 Å². The van der Waals surface area contributed by atoms with Crippen LogP contribution in [0.5, 0.6) is 0 Å². The maximum Gasteiger partial charge on any atom is 0.257 e. The molecule has 26 heavy (non-hydrogen) atoms. The molecule has 0 aromatic carbocycles. The topological polar surface area (TPSA) is 76.2 Å². The van der Waals surface area contributed by atoms with Crippen molar-refractivity contribution in [3.8, 4) is 0 Å². The van der Waals surface area contributed by atoms with Gasteiger partial charge in [-0.05, 0) is 33.8 Å². The second-order valence-electron chi connectivity index (χ2n) is 7.13. The molecule has 0 spiro atoms. The molecule has 0 atom stereocenters. The minimum absolute atomic E-state index is 0.0164. The lowest BCUT2D eigenvalue weighted by atomic mass is 10.1. The van der Waals surface area contributed by atoms with E-state index in [0.717, 1.165) is 38.6 Å². The second kappa shape index (κ2) is 9.73. The van der Waals surface area contributed by atoms with Gasteiger partial charge < -0.3 is 24.3 Å². The molecule has 2 rings (SSSR count). The third-order valence-corrected chi connectivity index (χ3v) is 4.74. The molecule has 2 amide bonds. The van der Waals surface area contributed by atoms with Crippen LogP contribution >= 0.6 is 0 Å². The number of hydrogen-bond acceptors (Lipinski definition) is 4. The molecule has 0 bridgehead atoms. The molecule has 7 nitrogen and oxygen atoms in total. The van der Waals surface area contributed by atoms with E-state index in [1.165, 1.54) is 4.90 Å². The number of furan rings is 1. The first-order valence-corrected chi connectivity index (χ1v) is 9.44. The van der Waals surface area contributed by atoms with Crippen LogP contribution in [0.1, 0.15) is 42.1 Å². The molecule has 1 saturated heterocycles. The van der Waals surface area contributed by atoms with E-state index in [2.05, 4.69) is 5.32 Å². The SMILES string of the molecule is Cc1cc(C(=O)N(CCC(=O)NCC[NH+]2CCOCC2)C(C)C)c(C)o1. The summed E-state index contributed by atoms with van der Waals surface area (Å²) in [4.78, 5) is 28.1. The molecule has 1 aromatic rings. The number of amides is 2. The standard InChI is InChI=1S/C19H31N3O4/c1-14(2)22(19(24)17-13-15(3)26-16(17)4)7-5-18(23)20-6-8-21-9-11-25-12-10-21/h13-14H,5-12H2,1-4H3,(H,20,23)/p+1. The van der Waals surface area contributed by atoms with E-state index in [4.69, 9.17) is 9.15 Å². The van der Waals surface area contributed by atoms with Crippen LogP contribution in [0.2, 0.25) is 0 Å². The predicted octanol–water partition coefficient (Wildman–Crippen LogP) is 0.168. The average molecular weight is 366 g/mol. The summed E-state index contributed by atoms with van der Waals surface area (Å²) < 4.78 is 10.8. The molecular formula is C19H32N3O4+. The lowest BCUT2D eigenvalue weighted by Gasteiger charge is -2.26. The van der Waals surface area contributed by atoms with Crippen molar-refractivity contribution in [1.82, 2.24) is 10.2 Å². The van der Waals surface area contributed by atoms with Crippen LogP contribution in [-0.2, 0) is 9.53 Å². The Bertz CT molecular complexity index is 606. The number of carbonyl (C=O) groups is 2. The van der Waals surface area contributed by atoms with Gasteiger partial charge in [-0.1, -0.05) is 0 Å². The van der Waals surface area contributed by atoms with E-state index in [0.29, 0.717) is 30.8 Å². The van der Waals surface area contributed by atoms with Crippen LogP contribution in [0.25, 0.3) is 0 Å². The second-order valence-corrected chi connectivity index (χ2v) is 7.13. The van der Waals surface area contributed by atoms with Crippen molar-refractivity contribution in [1.29, 1.82) is 0 Å². The number of ether oxygens (including phenoxy) is 1. The van der Waals surface area contributed by atoms with Crippen molar-refractivity contribution in [2.24, 2.45) is 0 Å². The smallest absolute Gasteiger partial charge is 0.257 e.